The molecule has 1 amide bonds. The van der Waals surface area contributed by atoms with Crippen molar-refractivity contribution >= 4 is 11.7 Å². The van der Waals surface area contributed by atoms with E-state index in [1.54, 1.807) is 6.20 Å². The second-order valence-electron chi connectivity index (χ2n) is 3.50. The maximum atomic E-state index is 11.7. The number of anilines is 1. The fourth-order valence-electron chi connectivity index (χ4n) is 1.29. The van der Waals surface area contributed by atoms with Crippen LogP contribution in [0.3, 0.4) is 0 Å². The smallest absolute Gasteiger partial charge is 0.229 e. The molecule has 0 saturated heterocycles. The van der Waals surface area contributed by atoms with Gasteiger partial charge < -0.3 is 11.1 Å². The Bertz CT molecular complexity index is 334. The Kier molecular flexibility index (Phi) is 4.24. The molecule has 0 aliphatic rings. The van der Waals surface area contributed by atoms with E-state index >= 15 is 0 Å². The number of aryl methyl sites for hydroxylation is 1. The molecule has 0 aliphatic carbocycles. The minimum absolute atomic E-state index is 0.0539. The number of carbonyl (C=O) groups excluding carboxylic acids is 1. The number of nitrogens with zero attached hydrogens (tertiary/aromatic N) is 1. The third-order valence-corrected chi connectivity index (χ3v) is 2.40. The predicted molar refractivity (Wildman–Crippen MR) is 60.4 cm³/mol. The first kappa shape index (κ1) is 11.7. The highest BCUT2D eigenvalue weighted by Crippen LogP contribution is 2.11. The van der Waals surface area contributed by atoms with Gasteiger partial charge in [0.05, 0.1) is 5.92 Å². The van der Waals surface area contributed by atoms with E-state index in [0.717, 1.165) is 12.0 Å². The number of pyridine rings is 1. The molecule has 1 unspecified atom stereocenters. The van der Waals surface area contributed by atoms with Gasteiger partial charge in [0.1, 0.15) is 5.82 Å². The van der Waals surface area contributed by atoms with E-state index in [4.69, 9.17) is 5.73 Å². The van der Waals surface area contributed by atoms with Crippen LogP contribution in [0.25, 0.3) is 0 Å². The highest BCUT2D eigenvalue weighted by Gasteiger charge is 2.15. The van der Waals surface area contributed by atoms with Crippen LogP contribution in [0, 0.1) is 12.8 Å². The summed E-state index contributed by atoms with van der Waals surface area (Å²) >= 11 is 0. The van der Waals surface area contributed by atoms with Gasteiger partial charge in [0.2, 0.25) is 5.91 Å². The molecule has 0 radical (unpaired) electrons. The predicted octanol–water partition coefficient (Wildman–Crippen LogP) is 1.31. The van der Waals surface area contributed by atoms with Gasteiger partial charge in [-0.3, -0.25) is 4.79 Å². The minimum Gasteiger partial charge on any atom is -0.330 e. The summed E-state index contributed by atoms with van der Waals surface area (Å²) in [5.41, 5.74) is 6.45. The number of hydrogen-bond acceptors (Lipinski definition) is 3. The molecule has 0 saturated carbocycles. The van der Waals surface area contributed by atoms with Crippen LogP contribution in [-0.2, 0) is 4.79 Å². The average molecular weight is 207 g/mol. The van der Waals surface area contributed by atoms with Crippen LogP contribution in [0.1, 0.15) is 18.9 Å². The molecule has 1 rings (SSSR count). The molecule has 1 aromatic rings. The fraction of sp³-hybridized carbons (Fsp3) is 0.455. The molecule has 82 valence electrons. The second kappa shape index (κ2) is 5.46. The molecule has 0 fully saturated rings. The van der Waals surface area contributed by atoms with Gasteiger partial charge >= 0.3 is 0 Å². The fourth-order valence-corrected chi connectivity index (χ4v) is 1.29. The summed E-state index contributed by atoms with van der Waals surface area (Å²) in [6, 6.07) is 3.75. The molecule has 3 N–H and O–H groups in total. The molecule has 1 heterocycles. The average Bonchev–Trinajstić information content (AvgIpc) is 2.23. The zero-order valence-corrected chi connectivity index (χ0v) is 9.16. The van der Waals surface area contributed by atoms with Gasteiger partial charge in [0.15, 0.2) is 0 Å². The normalized spacial score (nSPS) is 12.2. The summed E-state index contributed by atoms with van der Waals surface area (Å²) in [6.45, 7) is 4.22. The standard InChI is InChI=1S/C11H17N3O/c1-3-9(7-12)11(15)14-10-8(2)5-4-6-13-10/h4-6,9H,3,7,12H2,1-2H3,(H,13,14,15). The molecule has 0 aromatic carbocycles. The quantitative estimate of drug-likeness (QED) is 0.782. The lowest BCUT2D eigenvalue weighted by Gasteiger charge is -2.13. The summed E-state index contributed by atoms with van der Waals surface area (Å²) in [5, 5.41) is 2.78. The Balaban J connectivity index is 2.70. The van der Waals surface area contributed by atoms with E-state index in [2.05, 4.69) is 10.3 Å². The van der Waals surface area contributed by atoms with Gasteiger partial charge in [-0.2, -0.15) is 0 Å². The lowest BCUT2D eigenvalue weighted by molar-refractivity contribution is -0.119. The number of carbonyl (C=O) groups is 1. The van der Waals surface area contributed by atoms with E-state index in [9.17, 15) is 4.79 Å². The van der Waals surface area contributed by atoms with E-state index in [1.165, 1.54) is 0 Å². The van der Waals surface area contributed by atoms with Crippen LogP contribution in [0.2, 0.25) is 0 Å². The maximum absolute atomic E-state index is 11.7. The molecular weight excluding hydrogens is 190 g/mol. The van der Waals surface area contributed by atoms with E-state index in [0.29, 0.717) is 12.4 Å². The Morgan fingerprint density at radius 2 is 2.40 bits per heavy atom. The Morgan fingerprint density at radius 3 is 2.93 bits per heavy atom. The zero-order valence-electron chi connectivity index (χ0n) is 9.16. The van der Waals surface area contributed by atoms with Crippen LogP contribution in [-0.4, -0.2) is 17.4 Å². The largest absolute Gasteiger partial charge is 0.330 e. The summed E-state index contributed by atoms with van der Waals surface area (Å²) in [7, 11) is 0. The van der Waals surface area contributed by atoms with Gasteiger partial charge in [-0.25, -0.2) is 4.98 Å². The molecule has 1 aromatic heterocycles. The van der Waals surface area contributed by atoms with E-state index < -0.39 is 0 Å². The number of rotatable bonds is 4. The van der Waals surface area contributed by atoms with Gasteiger partial charge in [-0.05, 0) is 25.0 Å². The first-order valence-electron chi connectivity index (χ1n) is 5.11. The first-order valence-corrected chi connectivity index (χ1v) is 5.11. The highest BCUT2D eigenvalue weighted by molar-refractivity contribution is 5.92. The number of nitrogens with two attached hydrogens (primary N) is 1. The SMILES string of the molecule is CCC(CN)C(=O)Nc1ncccc1C. The highest BCUT2D eigenvalue weighted by atomic mass is 16.1. The zero-order chi connectivity index (χ0) is 11.3. The van der Waals surface area contributed by atoms with Crippen LogP contribution in [0.15, 0.2) is 18.3 Å². The van der Waals surface area contributed by atoms with Crippen molar-refractivity contribution in [3.8, 4) is 0 Å². The first-order chi connectivity index (χ1) is 7.19. The Labute approximate surface area is 89.9 Å². The lowest BCUT2D eigenvalue weighted by Crippen LogP contribution is -2.29. The number of amides is 1. The Hall–Kier alpha value is -1.42. The van der Waals surface area contributed by atoms with Crippen LogP contribution in [0.4, 0.5) is 5.82 Å². The van der Waals surface area contributed by atoms with Crippen molar-refractivity contribution in [1.82, 2.24) is 4.98 Å². The van der Waals surface area contributed by atoms with Crippen molar-refractivity contribution in [3.05, 3.63) is 23.9 Å². The number of hydrogen-bond donors (Lipinski definition) is 2. The van der Waals surface area contributed by atoms with Crippen LogP contribution < -0.4 is 11.1 Å². The van der Waals surface area contributed by atoms with E-state index in [-0.39, 0.29) is 11.8 Å². The van der Waals surface area contributed by atoms with Gasteiger partial charge in [-0.15, -0.1) is 0 Å². The molecular formula is C11H17N3O. The molecule has 15 heavy (non-hydrogen) atoms. The molecule has 0 aliphatic heterocycles. The monoisotopic (exact) mass is 207 g/mol. The Morgan fingerprint density at radius 1 is 1.67 bits per heavy atom. The summed E-state index contributed by atoms with van der Waals surface area (Å²) < 4.78 is 0. The van der Waals surface area contributed by atoms with Crippen molar-refractivity contribution in [2.75, 3.05) is 11.9 Å². The van der Waals surface area contributed by atoms with E-state index in [1.807, 2.05) is 26.0 Å². The molecule has 4 heteroatoms. The van der Waals surface area contributed by atoms with Crippen LogP contribution >= 0.6 is 0 Å². The minimum atomic E-state index is -0.133. The number of nitrogens with one attached hydrogen (secondary N) is 1. The summed E-state index contributed by atoms with van der Waals surface area (Å²) in [6.07, 6.45) is 2.40. The molecule has 0 spiro atoms. The van der Waals surface area contributed by atoms with Gasteiger partial charge in [0.25, 0.3) is 0 Å². The second-order valence-corrected chi connectivity index (χ2v) is 3.50. The number of aromatic nitrogens is 1. The maximum Gasteiger partial charge on any atom is 0.229 e. The van der Waals surface area contributed by atoms with Crippen molar-refractivity contribution in [1.29, 1.82) is 0 Å². The van der Waals surface area contributed by atoms with Crippen molar-refractivity contribution in [2.24, 2.45) is 11.7 Å². The third kappa shape index (κ3) is 3.02. The third-order valence-electron chi connectivity index (χ3n) is 2.40. The van der Waals surface area contributed by atoms with Crippen molar-refractivity contribution in [3.63, 3.8) is 0 Å². The molecule has 1 atom stereocenters. The van der Waals surface area contributed by atoms with Crippen molar-refractivity contribution in [2.45, 2.75) is 20.3 Å². The van der Waals surface area contributed by atoms with Crippen LogP contribution in [0.5, 0.6) is 0 Å². The lowest BCUT2D eigenvalue weighted by atomic mass is 10.1. The molecule has 0 bridgehead atoms. The van der Waals surface area contributed by atoms with Crippen molar-refractivity contribution < 1.29 is 4.79 Å². The summed E-state index contributed by atoms with van der Waals surface area (Å²) in [4.78, 5) is 15.8. The molecule has 4 nitrogen and oxygen atoms in total. The van der Waals surface area contributed by atoms with Gasteiger partial charge in [0, 0.05) is 12.7 Å². The van der Waals surface area contributed by atoms with Gasteiger partial charge in [-0.1, -0.05) is 13.0 Å². The summed E-state index contributed by atoms with van der Waals surface area (Å²) in [5.74, 6) is 0.433. The topological polar surface area (TPSA) is 68.0 Å².